The van der Waals surface area contributed by atoms with E-state index in [1.54, 1.807) is 24.4 Å². The van der Waals surface area contributed by atoms with Crippen molar-refractivity contribution in [2.24, 2.45) is 0 Å². The summed E-state index contributed by atoms with van der Waals surface area (Å²) in [5, 5.41) is 5.26. The van der Waals surface area contributed by atoms with Gasteiger partial charge in [-0.15, -0.1) is 0 Å². The van der Waals surface area contributed by atoms with Gasteiger partial charge >= 0.3 is 0 Å². The van der Waals surface area contributed by atoms with Gasteiger partial charge in [-0.1, -0.05) is 19.9 Å². The summed E-state index contributed by atoms with van der Waals surface area (Å²) in [7, 11) is 1.64. The maximum absolute atomic E-state index is 13.6. The molecular formula is C22H29N5O2. The first-order chi connectivity index (χ1) is 13.9. The van der Waals surface area contributed by atoms with E-state index < -0.39 is 0 Å². The second-order valence-corrected chi connectivity index (χ2v) is 7.71. The average molecular weight is 396 g/mol. The zero-order chi connectivity index (χ0) is 21.0. The van der Waals surface area contributed by atoms with Crippen LogP contribution in [0.2, 0.25) is 0 Å². The quantitative estimate of drug-likeness (QED) is 0.580. The van der Waals surface area contributed by atoms with Crippen LogP contribution in [0.5, 0.6) is 0 Å². The van der Waals surface area contributed by atoms with Crippen molar-refractivity contribution in [2.45, 2.75) is 46.2 Å². The molecule has 0 bridgehead atoms. The number of methoxy groups -OCH3 is 1. The molecule has 7 heteroatoms. The molecule has 3 aromatic rings. The van der Waals surface area contributed by atoms with E-state index in [-0.39, 0.29) is 17.9 Å². The van der Waals surface area contributed by atoms with Crippen LogP contribution in [-0.4, -0.2) is 50.8 Å². The first-order valence-corrected chi connectivity index (χ1v) is 9.98. The van der Waals surface area contributed by atoms with Crippen LogP contribution in [0.15, 0.2) is 36.7 Å². The number of ether oxygens (including phenoxy) is 1. The molecule has 0 aliphatic carbocycles. The summed E-state index contributed by atoms with van der Waals surface area (Å²) < 4.78 is 7.11. The van der Waals surface area contributed by atoms with Crippen molar-refractivity contribution in [1.82, 2.24) is 24.6 Å². The molecule has 0 atom stereocenters. The molecule has 1 amide bonds. The van der Waals surface area contributed by atoms with Crippen LogP contribution in [0.3, 0.4) is 0 Å². The van der Waals surface area contributed by atoms with Gasteiger partial charge in [-0.3, -0.25) is 9.78 Å². The predicted octanol–water partition coefficient (Wildman–Crippen LogP) is 3.82. The fraction of sp³-hybridized carbons (Fsp3) is 0.455. The lowest BCUT2D eigenvalue weighted by Gasteiger charge is -2.23. The van der Waals surface area contributed by atoms with Crippen molar-refractivity contribution < 1.29 is 9.53 Å². The molecule has 0 aliphatic heterocycles. The molecule has 29 heavy (non-hydrogen) atoms. The summed E-state index contributed by atoms with van der Waals surface area (Å²) in [6.45, 7) is 9.62. The Balaban J connectivity index is 2.06. The van der Waals surface area contributed by atoms with Gasteiger partial charge in [0.05, 0.1) is 36.0 Å². The zero-order valence-corrected chi connectivity index (χ0v) is 17.8. The van der Waals surface area contributed by atoms with E-state index in [2.05, 4.69) is 37.8 Å². The largest absolute Gasteiger partial charge is 0.383 e. The highest BCUT2D eigenvalue weighted by atomic mass is 16.5. The Morgan fingerprint density at radius 1 is 1.24 bits per heavy atom. The second-order valence-electron chi connectivity index (χ2n) is 7.71. The van der Waals surface area contributed by atoms with Crippen LogP contribution in [0.4, 0.5) is 0 Å². The van der Waals surface area contributed by atoms with Gasteiger partial charge in [-0.2, -0.15) is 5.10 Å². The van der Waals surface area contributed by atoms with E-state index in [1.165, 1.54) is 0 Å². The van der Waals surface area contributed by atoms with Crippen LogP contribution in [-0.2, 0) is 11.3 Å². The van der Waals surface area contributed by atoms with E-state index in [0.717, 1.165) is 22.4 Å². The maximum atomic E-state index is 13.6. The second kappa shape index (κ2) is 9.13. The van der Waals surface area contributed by atoms with Gasteiger partial charge in [0.2, 0.25) is 0 Å². The Morgan fingerprint density at radius 2 is 2.03 bits per heavy atom. The Labute approximate surface area is 171 Å². The summed E-state index contributed by atoms with van der Waals surface area (Å²) in [5.41, 5.74) is 3.09. The van der Waals surface area contributed by atoms with E-state index in [0.29, 0.717) is 25.3 Å². The number of nitrogens with zero attached hydrogens (tertiary/aromatic N) is 5. The van der Waals surface area contributed by atoms with Crippen LogP contribution in [0.25, 0.3) is 11.0 Å². The monoisotopic (exact) mass is 395 g/mol. The Morgan fingerprint density at radius 3 is 2.66 bits per heavy atom. The lowest BCUT2D eigenvalue weighted by Crippen LogP contribution is -2.34. The van der Waals surface area contributed by atoms with Crippen LogP contribution < -0.4 is 0 Å². The number of rotatable bonds is 8. The minimum Gasteiger partial charge on any atom is -0.383 e. The van der Waals surface area contributed by atoms with Crippen molar-refractivity contribution in [1.29, 1.82) is 0 Å². The molecule has 0 aromatic carbocycles. The molecule has 0 saturated heterocycles. The predicted molar refractivity (Wildman–Crippen MR) is 113 cm³/mol. The molecular weight excluding hydrogens is 366 g/mol. The van der Waals surface area contributed by atoms with Crippen molar-refractivity contribution >= 4 is 16.9 Å². The molecule has 0 aliphatic rings. The first kappa shape index (κ1) is 20.9. The van der Waals surface area contributed by atoms with Crippen molar-refractivity contribution in [2.75, 3.05) is 20.3 Å². The van der Waals surface area contributed by atoms with Gasteiger partial charge < -0.3 is 9.64 Å². The fourth-order valence-electron chi connectivity index (χ4n) is 3.20. The standard InChI is InChI=1S/C22H29N5O2/c1-15(2)20-12-18(19-13-24-27(16(3)4)21(19)25-20)22(28)26(10-11-29-5)14-17-8-6-7-9-23-17/h6-9,12-13,15-16H,10-11,14H2,1-5H3. The van der Waals surface area contributed by atoms with E-state index in [9.17, 15) is 4.79 Å². The summed E-state index contributed by atoms with van der Waals surface area (Å²) in [5.74, 6) is 0.134. The van der Waals surface area contributed by atoms with Crippen LogP contribution in [0.1, 0.15) is 61.4 Å². The Kier molecular flexibility index (Phi) is 6.59. The van der Waals surface area contributed by atoms with Crippen LogP contribution >= 0.6 is 0 Å². The number of hydrogen-bond acceptors (Lipinski definition) is 5. The van der Waals surface area contributed by atoms with Gasteiger partial charge in [-0.05, 0) is 38.0 Å². The molecule has 7 nitrogen and oxygen atoms in total. The molecule has 0 unspecified atom stereocenters. The van der Waals surface area contributed by atoms with Gasteiger partial charge in [0.25, 0.3) is 5.91 Å². The highest BCUT2D eigenvalue weighted by Gasteiger charge is 2.23. The maximum Gasteiger partial charge on any atom is 0.255 e. The number of carbonyl (C=O) groups excluding carboxylic acids is 1. The van der Waals surface area contributed by atoms with Crippen molar-refractivity contribution in [3.8, 4) is 0 Å². The molecule has 0 radical (unpaired) electrons. The third-order valence-electron chi connectivity index (χ3n) is 4.83. The molecule has 0 spiro atoms. The highest BCUT2D eigenvalue weighted by Crippen LogP contribution is 2.25. The topological polar surface area (TPSA) is 73.1 Å². The zero-order valence-electron chi connectivity index (χ0n) is 17.8. The van der Waals surface area contributed by atoms with E-state index in [4.69, 9.17) is 9.72 Å². The van der Waals surface area contributed by atoms with Crippen molar-refractivity contribution in [3.05, 3.63) is 53.6 Å². The molecule has 0 saturated carbocycles. The minimum absolute atomic E-state index is 0.0645. The highest BCUT2D eigenvalue weighted by molar-refractivity contribution is 6.05. The van der Waals surface area contributed by atoms with E-state index >= 15 is 0 Å². The summed E-state index contributed by atoms with van der Waals surface area (Å²) in [6.07, 6.45) is 3.48. The summed E-state index contributed by atoms with van der Waals surface area (Å²) in [4.78, 5) is 24.5. The number of carbonyl (C=O) groups is 1. The Bertz CT molecular complexity index is 966. The fourth-order valence-corrected chi connectivity index (χ4v) is 3.20. The number of pyridine rings is 2. The van der Waals surface area contributed by atoms with Gasteiger partial charge in [-0.25, -0.2) is 9.67 Å². The molecule has 0 N–H and O–H groups in total. The number of hydrogen-bond donors (Lipinski definition) is 0. The Hall–Kier alpha value is -2.80. The van der Waals surface area contributed by atoms with Gasteiger partial charge in [0.15, 0.2) is 5.65 Å². The van der Waals surface area contributed by atoms with Gasteiger partial charge in [0.1, 0.15) is 0 Å². The molecule has 3 rings (SSSR count). The minimum atomic E-state index is -0.0645. The molecule has 3 aromatic heterocycles. The van der Waals surface area contributed by atoms with Gasteiger partial charge in [0, 0.05) is 31.6 Å². The number of amides is 1. The van der Waals surface area contributed by atoms with Crippen LogP contribution in [0, 0.1) is 0 Å². The molecule has 3 heterocycles. The normalized spacial score (nSPS) is 11.6. The number of fused-ring (bicyclic) bond motifs is 1. The summed E-state index contributed by atoms with van der Waals surface area (Å²) >= 11 is 0. The number of aromatic nitrogens is 4. The summed E-state index contributed by atoms with van der Waals surface area (Å²) in [6, 6.07) is 7.77. The average Bonchev–Trinajstić information content (AvgIpc) is 3.15. The lowest BCUT2D eigenvalue weighted by molar-refractivity contribution is 0.0679. The third kappa shape index (κ3) is 4.62. The van der Waals surface area contributed by atoms with Crippen molar-refractivity contribution in [3.63, 3.8) is 0 Å². The third-order valence-corrected chi connectivity index (χ3v) is 4.83. The molecule has 154 valence electrons. The first-order valence-electron chi connectivity index (χ1n) is 9.98. The smallest absolute Gasteiger partial charge is 0.255 e. The van der Waals surface area contributed by atoms with E-state index in [1.807, 2.05) is 28.9 Å². The SMILES string of the molecule is COCCN(Cc1ccccn1)C(=O)c1cc(C(C)C)nc2c1cnn2C(C)C. The lowest BCUT2D eigenvalue weighted by atomic mass is 10.0. The molecule has 0 fully saturated rings.